The van der Waals surface area contributed by atoms with Crippen molar-refractivity contribution in [3.8, 4) is 0 Å². The molecule has 0 saturated heterocycles. The second-order valence-corrected chi connectivity index (χ2v) is 7.02. The summed E-state index contributed by atoms with van der Waals surface area (Å²) in [6.07, 6.45) is 0.921. The van der Waals surface area contributed by atoms with Gasteiger partial charge in [0.15, 0.2) is 5.65 Å². The van der Waals surface area contributed by atoms with Crippen molar-refractivity contribution in [3.05, 3.63) is 63.0 Å². The summed E-state index contributed by atoms with van der Waals surface area (Å²) < 4.78 is 8.21. The minimum absolute atomic E-state index is 0.210. The Balaban J connectivity index is 1.63. The lowest BCUT2D eigenvalue weighted by Gasteiger charge is -2.11. The number of hydrogen-bond donors (Lipinski definition) is 0. The van der Waals surface area contributed by atoms with Crippen LogP contribution in [0.2, 0.25) is 0 Å². The van der Waals surface area contributed by atoms with E-state index in [0.717, 1.165) is 38.3 Å². The van der Waals surface area contributed by atoms with Gasteiger partial charge in [-0.25, -0.2) is 9.50 Å². The number of benzene rings is 1. The maximum absolute atomic E-state index is 12.1. The Hall–Kier alpha value is -2.21. The van der Waals surface area contributed by atoms with Crippen molar-refractivity contribution in [2.75, 3.05) is 0 Å². The van der Waals surface area contributed by atoms with Gasteiger partial charge in [-0.15, -0.1) is 0 Å². The molecule has 0 N–H and O–H groups in total. The van der Waals surface area contributed by atoms with Crippen molar-refractivity contribution in [1.82, 2.24) is 14.6 Å². The van der Waals surface area contributed by atoms with Crippen LogP contribution in [0, 0.1) is 20.8 Å². The second-order valence-electron chi connectivity index (χ2n) is 6.10. The monoisotopic (exact) mass is 401 g/mol. The number of nitrogens with zero attached hydrogens (tertiary/aromatic N) is 3. The van der Waals surface area contributed by atoms with Gasteiger partial charge in [0.25, 0.3) is 0 Å². The molecule has 3 rings (SSSR count). The van der Waals surface area contributed by atoms with Crippen molar-refractivity contribution >= 4 is 27.5 Å². The zero-order valence-corrected chi connectivity index (χ0v) is 16.1. The highest BCUT2D eigenvalue weighted by atomic mass is 79.9. The Bertz CT molecular complexity index is 917. The summed E-state index contributed by atoms with van der Waals surface area (Å²) in [6.45, 7) is 6.22. The molecule has 2 aromatic heterocycles. The highest BCUT2D eigenvalue weighted by molar-refractivity contribution is 9.10. The predicted molar refractivity (Wildman–Crippen MR) is 99.5 cm³/mol. The summed E-state index contributed by atoms with van der Waals surface area (Å²) in [5.74, 6) is -0.210. The Labute approximate surface area is 155 Å². The Morgan fingerprint density at radius 2 is 1.92 bits per heavy atom. The molecule has 1 aromatic carbocycles. The normalized spacial score (nSPS) is 11.0. The highest BCUT2D eigenvalue weighted by Gasteiger charge is 2.13. The second kappa shape index (κ2) is 7.35. The first-order valence-corrected chi connectivity index (χ1v) is 8.96. The lowest BCUT2D eigenvalue weighted by atomic mass is 10.1. The number of aryl methyl sites for hydroxylation is 3. The molecule has 130 valence electrons. The third-order valence-electron chi connectivity index (χ3n) is 4.18. The first kappa shape index (κ1) is 17.6. The number of aromatic nitrogens is 3. The van der Waals surface area contributed by atoms with E-state index < -0.39 is 0 Å². The van der Waals surface area contributed by atoms with E-state index >= 15 is 0 Å². The molecule has 6 heteroatoms. The molecule has 2 heterocycles. The van der Waals surface area contributed by atoms with Gasteiger partial charge in [0.2, 0.25) is 0 Å². The molecule has 0 saturated carbocycles. The summed E-state index contributed by atoms with van der Waals surface area (Å²) in [4.78, 5) is 16.7. The summed E-state index contributed by atoms with van der Waals surface area (Å²) in [5, 5.41) is 4.46. The lowest BCUT2D eigenvalue weighted by molar-refractivity contribution is -0.144. The van der Waals surface area contributed by atoms with Crippen LogP contribution < -0.4 is 0 Å². The van der Waals surface area contributed by atoms with Gasteiger partial charge in [0.05, 0.1) is 5.69 Å². The van der Waals surface area contributed by atoms with E-state index in [2.05, 4.69) is 26.0 Å². The molecule has 0 unspecified atom stereocenters. The fourth-order valence-electron chi connectivity index (χ4n) is 2.85. The first-order valence-electron chi connectivity index (χ1n) is 8.16. The van der Waals surface area contributed by atoms with E-state index in [0.29, 0.717) is 19.4 Å². The summed E-state index contributed by atoms with van der Waals surface area (Å²) in [7, 11) is 0. The van der Waals surface area contributed by atoms with Crippen LogP contribution in [0.4, 0.5) is 0 Å². The summed E-state index contributed by atoms with van der Waals surface area (Å²) in [5.41, 5.74) is 5.76. The predicted octanol–water partition coefficient (Wildman–Crippen LogP) is 4.09. The van der Waals surface area contributed by atoms with E-state index in [1.165, 1.54) is 0 Å². The van der Waals surface area contributed by atoms with Crippen molar-refractivity contribution in [2.45, 2.75) is 40.2 Å². The molecule has 3 aromatic rings. The van der Waals surface area contributed by atoms with Gasteiger partial charge in [-0.3, -0.25) is 4.79 Å². The number of ether oxygens (including phenoxy) is 1. The van der Waals surface area contributed by atoms with Gasteiger partial charge in [-0.05, 0) is 50.5 Å². The molecule has 25 heavy (non-hydrogen) atoms. The Morgan fingerprint density at radius 1 is 1.20 bits per heavy atom. The van der Waals surface area contributed by atoms with Crippen LogP contribution in [0.1, 0.15) is 34.6 Å². The average Bonchev–Trinajstić information content (AvgIpc) is 2.94. The Morgan fingerprint density at radius 3 is 2.64 bits per heavy atom. The van der Waals surface area contributed by atoms with Gasteiger partial charge < -0.3 is 4.74 Å². The van der Waals surface area contributed by atoms with Crippen LogP contribution in [0.5, 0.6) is 0 Å². The van der Waals surface area contributed by atoms with Crippen molar-refractivity contribution in [3.63, 3.8) is 0 Å². The molecule has 5 nitrogen and oxygen atoms in total. The van der Waals surface area contributed by atoms with E-state index in [4.69, 9.17) is 4.74 Å². The van der Waals surface area contributed by atoms with E-state index in [-0.39, 0.29) is 5.97 Å². The molecule has 0 spiro atoms. The van der Waals surface area contributed by atoms with Crippen molar-refractivity contribution in [1.29, 1.82) is 0 Å². The number of hydrogen-bond acceptors (Lipinski definition) is 4. The third kappa shape index (κ3) is 4.07. The van der Waals surface area contributed by atoms with Gasteiger partial charge in [0, 0.05) is 28.3 Å². The average molecular weight is 402 g/mol. The van der Waals surface area contributed by atoms with E-state index in [1.807, 2.05) is 55.6 Å². The minimum Gasteiger partial charge on any atom is -0.461 e. The van der Waals surface area contributed by atoms with Gasteiger partial charge in [0.1, 0.15) is 6.61 Å². The number of carbonyl (C=O) groups excluding carboxylic acids is 1. The zero-order valence-electron chi connectivity index (χ0n) is 14.5. The Kier molecular flexibility index (Phi) is 5.18. The number of rotatable bonds is 5. The molecule has 0 radical (unpaired) electrons. The molecule has 0 aliphatic heterocycles. The SMILES string of the molecule is Cc1cc2nc(C)c(CCC(=O)OCc3ccc(Br)cc3)c(C)n2n1. The van der Waals surface area contributed by atoms with Crippen LogP contribution in [-0.2, 0) is 22.6 Å². The number of halogens is 1. The van der Waals surface area contributed by atoms with Gasteiger partial charge >= 0.3 is 5.97 Å². The summed E-state index contributed by atoms with van der Waals surface area (Å²) in [6, 6.07) is 9.69. The molecule has 0 bridgehead atoms. The van der Waals surface area contributed by atoms with Crippen LogP contribution in [0.3, 0.4) is 0 Å². The van der Waals surface area contributed by atoms with Crippen LogP contribution >= 0.6 is 15.9 Å². The third-order valence-corrected chi connectivity index (χ3v) is 4.71. The first-order chi connectivity index (χ1) is 11.9. The highest BCUT2D eigenvalue weighted by Crippen LogP contribution is 2.17. The topological polar surface area (TPSA) is 56.5 Å². The fraction of sp³-hybridized carbons (Fsp3) is 0.316. The standard InChI is InChI=1S/C19H20BrN3O2/c1-12-10-18-21-13(2)17(14(3)23(18)22-12)8-9-19(24)25-11-15-4-6-16(20)7-5-15/h4-7,10H,8-9,11H2,1-3H3. The molecule has 0 aliphatic rings. The van der Waals surface area contributed by atoms with Crippen LogP contribution in [0.25, 0.3) is 5.65 Å². The fourth-order valence-corrected chi connectivity index (χ4v) is 3.11. The van der Waals surface area contributed by atoms with E-state index in [9.17, 15) is 4.79 Å². The van der Waals surface area contributed by atoms with E-state index in [1.54, 1.807) is 0 Å². The van der Waals surface area contributed by atoms with Crippen LogP contribution in [0.15, 0.2) is 34.8 Å². The quantitative estimate of drug-likeness (QED) is 0.604. The minimum atomic E-state index is -0.210. The number of esters is 1. The molecule has 0 fully saturated rings. The van der Waals surface area contributed by atoms with Gasteiger partial charge in [-0.2, -0.15) is 5.10 Å². The lowest BCUT2D eigenvalue weighted by Crippen LogP contribution is -2.10. The van der Waals surface area contributed by atoms with Gasteiger partial charge in [-0.1, -0.05) is 28.1 Å². The largest absolute Gasteiger partial charge is 0.461 e. The van der Waals surface area contributed by atoms with Crippen molar-refractivity contribution in [2.24, 2.45) is 0 Å². The maximum Gasteiger partial charge on any atom is 0.306 e. The molecule has 0 aliphatic carbocycles. The maximum atomic E-state index is 12.1. The zero-order chi connectivity index (χ0) is 18.0. The number of carbonyl (C=O) groups is 1. The van der Waals surface area contributed by atoms with Crippen LogP contribution in [-0.4, -0.2) is 20.6 Å². The molecular formula is C19H20BrN3O2. The van der Waals surface area contributed by atoms with Crippen molar-refractivity contribution < 1.29 is 9.53 Å². The smallest absolute Gasteiger partial charge is 0.306 e. The molecular weight excluding hydrogens is 382 g/mol. The molecule has 0 amide bonds. The summed E-state index contributed by atoms with van der Waals surface area (Å²) >= 11 is 3.39. The molecule has 0 atom stereocenters. The number of fused-ring (bicyclic) bond motifs is 1.